The number of hydrogen-bond donors (Lipinski definition) is 1. The molecular formula is C11H13ClO2. The summed E-state index contributed by atoms with van der Waals surface area (Å²) in [6.07, 6.45) is 0. The summed E-state index contributed by atoms with van der Waals surface area (Å²) in [5.74, 6) is -0.924. The standard InChI is InChI=1S/C11H13ClO2/c1-11(2,3)8-6-7(10(13)14)4-5-9(8)12/h4-6H,1-3H3,(H,13,14). The van der Waals surface area contributed by atoms with E-state index in [1.54, 1.807) is 12.1 Å². The van der Waals surface area contributed by atoms with Crippen molar-refractivity contribution in [3.8, 4) is 0 Å². The zero-order valence-corrected chi connectivity index (χ0v) is 9.22. The summed E-state index contributed by atoms with van der Waals surface area (Å²) in [6.45, 7) is 6.00. The van der Waals surface area contributed by atoms with Crippen LogP contribution in [0.2, 0.25) is 5.02 Å². The lowest BCUT2D eigenvalue weighted by molar-refractivity contribution is 0.0696. The number of rotatable bonds is 1. The molecule has 1 aromatic rings. The first-order valence-corrected chi connectivity index (χ1v) is 4.73. The van der Waals surface area contributed by atoms with E-state index in [4.69, 9.17) is 16.7 Å². The third-order valence-electron chi connectivity index (χ3n) is 2.02. The maximum absolute atomic E-state index is 10.7. The van der Waals surface area contributed by atoms with E-state index < -0.39 is 5.97 Å². The van der Waals surface area contributed by atoms with Crippen molar-refractivity contribution in [2.45, 2.75) is 26.2 Å². The molecule has 0 atom stereocenters. The molecule has 0 radical (unpaired) electrons. The van der Waals surface area contributed by atoms with Crippen LogP contribution in [-0.4, -0.2) is 11.1 Å². The molecule has 1 N–H and O–H groups in total. The summed E-state index contributed by atoms with van der Waals surface area (Å²) in [5, 5.41) is 9.44. The number of carboxylic acids is 1. The molecule has 0 saturated heterocycles. The van der Waals surface area contributed by atoms with Gasteiger partial charge in [-0.3, -0.25) is 0 Å². The minimum Gasteiger partial charge on any atom is -0.478 e. The normalized spacial score (nSPS) is 11.4. The number of benzene rings is 1. The van der Waals surface area contributed by atoms with Crippen LogP contribution in [0, 0.1) is 0 Å². The molecule has 1 rings (SSSR count). The van der Waals surface area contributed by atoms with Crippen molar-refractivity contribution in [1.29, 1.82) is 0 Å². The number of halogens is 1. The minimum absolute atomic E-state index is 0.136. The molecule has 0 saturated carbocycles. The zero-order chi connectivity index (χ0) is 10.9. The summed E-state index contributed by atoms with van der Waals surface area (Å²) < 4.78 is 0. The van der Waals surface area contributed by atoms with Crippen LogP contribution in [0.3, 0.4) is 0 Å². The molecule has 0 amide bonds. The van der Waals surface area contributed by atoms with E-state index in [2.05, 4.69) is 0 Å². The Labute approximate surface area is 88.5 Å². The summed E-state index contributed by atoms with van der Waals surface area (Å²) in [4.78, 5) is 10.7. The lowest BCUT2D eigenvalue weighted by Gasteiger charge is -2.20. The second-order valence-corrected chi connectivity index (χ2v) is 4.66. The fourth-order valence-electron chi connectivity index (χ4n) is 1.23. The van der Waals surface area contributed by atoms with Crippen LogP contribution in [-0.2, 0) is 5.41 Å². The minimum atomic E-state index is -0.924. The average Bonchev–Trinajstić information content (AvgIpc) is 2.02. The quantitative estimate of drug-likeness (QED) is 0.775. The predicted octanol–water partition coefficient (Wildman–Crippen LogP) is 3.34. The van der Waals surface area contributed by atoms with Gasteiger partial charge in [0.25, 0.3) is 0 Å². The molecule has 0 spiro atoms. The number of hydrogen-bond acceptors (Lipinski definition) is 1. The highest BCUT2D eigenvalue weighted by molar-refractivity contribution is 6.31. The van der Waals surface area contributed by atoms with Crippen LogP contribution in [0.4, 0.5) is 0 Å². The van der Waals surface area contributed by atoms with Crippen molar-refractivity contribution in [2.75, 3.05) is 0 Å². The molecular weight excluding hydrogens is 200 g/mol. The Bertz CT molecular complexity index is 364. The summed E-state index contributed by atoms with van der Waals surface area (Å²) >= 11 is 5.99. The maximum atomic E-state index is 10.7. The smallest absolute Gasteiger partial charge is 0.335 e. The molecule has 0 bridgehead atoms. The highest BCUT2D eigenvalue weighted by Gasteiger charge is 2.18. The van der Waals surface area contributed by atoms with Gasteiger partial charge in [0.1, 0.15) is 0 Å². The molecule has 0 heterocycles. The topological polar surface area (TPSA) is 37.3 Å². The fraction of sp³-hybridized carbons (Fsp3) is 0.364. The first-order chi connectivity index (χ1) is 6.32. The van der Waals surface area contributed by atoms with Gasteiger partial charge in [-0.05, 0) is 29.2 Å². The second-order valence-electron chi connectivity index (χ2n) is 4.25. The van der Waals surface area contributed by atoms with Gasteiger partial charge in [-0.15, -0.1) is 0 Å². The van der Waals surface area contributed by atoms with Crippen molar-refractivity contribution >= 4 is 17.6 Å². The van der Waals surface area contributed by atoms with Gasteiger partial charge in [-0.1, -0.05) is 32.4 Å². The molecule has 76 valence electrons. The average molecular weight is 213 g/mol. The first-order valence-electron chi connectivity index (χ1n) is 4.35. The Hall–Kier alpha value is -1.02. The van der Waals surface area contributed by atoms with Gasteiger partial charge in [0.05, 0.1) is 5.56 Å². The van der Waals surface area contributed by atoms with Crippen LogP contribution in [0.15, 0.2) is 18.2 Å². The maximum Gasteiger partial charge on any atom is 0.335 e. The van der Waals surface area contributed by atoms with Crippen molar-refractivity contribution in [3.05, 3.63) is 34.3 Å². The van der Waals surface area contributed by atoms with E-state index in [1.807, 2.05) is 20.8 Å². The highest BCUT2D eigenvalue weighted by atomic mass is 35.5. The van der Waals surface area contributed by atoms with Crippen LogP contribution in [0.25, 0.3) is 0 Å². The number of carboxylic acid groups (broad SMARTS) is 1. The monoisotopic (exact) mass is 212 g/mol. The predicted molar refractivity (Wildman–Crippen MR) is 57.1 cm³/mol. The van der Waals surface area contributed by atoms with E-state index >= 15 is 0 Å². The molecule has 2 nitrogen and oxygen atoms in total. The molecule has 3 heteroatoms. The van der Waals surface area contributed by atoms with Gasteiger partial charge in [0.15, 0.2) is 0 Å². The fourth-order valence-corrected chi connectivity index (χ4v) is 1.63. The van der Waals surface area contributed by atoms with Gasteiger partial charge in [-0.2, -0.15) is 0 Å². The van der Waals surface area contributed by atoms with E-state index in [9.17, 15) is 4.79 Å². The van der Waals surface area contributed by atoms with Crippen LogP contribution < -0.4 is 0 Å². The summed E-state index contributed by atoms with van der Waals surface area (Å²) in [7, 11) is 0. The number of aromatic carboxylic acids is 1. The molecule has 14 heavy (non-hydrogen) atoms. The second kappa shape index (κ2) is 3.62. The Morgan fingerprint density at radius 3 is 2.36 bits per heavy atom. The summed E-state index contributed by atoms with van der Waals surface area (Å²) in [5.41, 5.74) is 1.00. The van der Waals surface area contributed by atoms with E-state index in [-0.39, 0.29) is 11.0 Å². The van der Waals surface area contributed by atoms with E-state index in [0.717, 1.165) is 5.56 Å². The van der Waals surface area contributed by atoms with Crippen molar-refractivity contribution < 1.29 is 9.90 Å². The van der Waals surface area contributed by atoms with Crippen LogP contribution in [0.5, 0.6) is 0 Å². The van der Waals surface area contributed by atoms with Gasteiger partial charge in [-0.25, -0.2) is 4.79 Å². The molecule has 0 fully saturated rings. The van der Waals surface area contributed by atoms with Gasteiger partial charge in [0.2, 0.25) is 0 Å². The van der Waals surface area contributed by atoms with E-state index in [1.165, 1.54) is 6.07 Å². The van der Waals surface area contributed by atoms with Gasteiger partial charge >= 0.3 is 5.97 Å². The van der Waals surface area contributed by atoms with Crippen LogP contribution >= 0.6 is 11.6 Å². The Morgan fingerprint density at radius 1 is 1.36 bits per heavy atom. The van der Waals surface area contributed by atoms with E-state index in [0.29, 0.717) is 5.02 Å². The van der Waals surface area contributed by atoms with Gasteiger partial charge in [0, 0.05) is 5.02 Å². The number of carbonyl (C=O) groups is 1. The lowest BCUT2D eigenvalue weighted by atomic mass is 9.86. The molecule has 0 aliphatic heterocycles. The molecule has 0 aliphatic rings. The molecule has 0 unspecified atom stereocenters. The Kier molecular flexibility index (Phi) is 2.86. The van der Waals surface area contributed by atoms with Crippen molar-refractivity contribution in [2.24, 2.45) is 0 Å². The Morgan fingerprint density at radius 2 is 1.93 bits per heavy atom. The largest absolute Gasteiger partial charge is 0.478 e. The highest BCUT2D eigenvalue weighted by Crippen LogP contribution is 2.30. The van der Waals surface area contributed by atoms with Crippen molar-refractivity contribution in [1.82, 2.24) is 0 Å². The zero-order valence-electron chi connectivity index (χ0n) is 8.47. The third kappa shape index (κ3) is 2.26. The first kappa shape index (κ1) is 11.1. The lowest BCUT2D eigenvalue weighted by Crippen LogP contribution is -2.13. The summed E-state index contributed by atoms with van der Waals surface area (Å²) in [6, 6.07) is 4.77. The molecule has 0 aliphatic carbocycles. The molecule has 1 aromatic carbocycles. The van der Waals surface area contributed by atoms with Gasteiger partial charge < -0.3 is 5.11 Å². The van der Waals surface area contributed by atoms with Crippen LogP contribution in [0.1, 0.15) is 36.7 Å². The molecule has 0 aromatic heterocycles. The SMILES string of the molecule is CC(C)(C)c1cc(C(=O)O)ccc1Cl. The van der Waals surface area contributed by atoms with Crippen molar-refractivity contribution in [3.63, 3.8) is 0 Å². The third-order valence-corrected chi connectivity index (χ3v) is 2.35. The Balaban J connectivity index is 3.29.